The number of rotatable bonds is 5. The number of carbonyl (C=O) groups is 1. The number of carbonyl (C=O) groups excluding carboxylic acids is 1. The summed E-state index contributed by atoms with van der Waals surface area (Å²) < 4.78 is 27.4. The molecule has 2 aromatic rings. The number of aliphatic hydroxyl groups is 1. The van der Waals surface area contributed by atoms with Gasteiger partial charge in [-0.15, -0.1) is 0 Å². The number of methoxy groups -OCH3 is 4. The fraction of sp³-hybridized carbons (Fsp3) is 0.409. The largest absolute Gasteiger partial charge is 0.502 e. The number of phenols is 2. The van der Waals surface area contributed by atoms with Gasteiger partial charge in [-0.3, -0.25) is 4.79 Å². The number of phenolic OH excluding ortho intramolecular Hbond substituents is 2. The monoisotopic (exact) mass is 432 g/mol. The molecule has 1 aliphatic heterocycles. The van der Waals surface area contributed by atoms with E-state index in [1.807, 2.05) is 0 Å². The Morgan fingerprint density at radius 2 is 1.52 bits per heavy atom. The number of hydrogen-bond donors (Lipinski definition) is 3. The Hall–Kier alpha value is -3.33. The van der Waals surface area contributed by atoms with Crippen molar-refractivity contribution in [1.82, 2.24) is 0 Å². The van der Waals surface area contributed by atoms with Gasteiger partial charge in [0, 0.05) is 41.2 Å². The zero-order valence-corrected chi connectivity index (χ0v) is 17.6. The summed E-state index contributed by atoms with van der Waals surface area (Å²) in [5, 5.41) is 31.7. The molecular weight excluding hydrogens is 408 g/mol. The summed E-state index contributed by atoms with van der Waals surface area (Å²) in [5.74, 6) is -2.01. The van der Waals surface area contributed by atoms with E-state index < -0.39 is 17.8 Å². The highest BCUT2D eigenvalue weighted by Gasteiger charge is 2.50. The van der Waals surface area contributed by atoms with Crippen LogP contribution in [0.25, 0.3) is 0 Å². The molecule has 2 aromatic carbocycles. The second-order valence-electron chi connectivity index (χ2n) is 7.40. The Bertz CT molecular complexity index is 1050. The highest BCUT2D eigenvalue weighted by molar-refractivity contribution is 6.03. The fourth-order valence-electron chi connectivity index (χ4n) is 4.72. The topological polar surface area (TPSA) is 124 Å². The van der Waals surface area contributed by atoms with Crippen molar-refractivity contribution in [2.45, 2.75) is 5.92 Å². The maximum absolute atomic E-state index is 13.4. The van der Waals surface area contributed by atoms with Crippen molar-refractivity contribution in [3.63, 3.8) is 0 Å². The van der Waals surface area contributed by atoms with Gasteiger partial charge in [-0.05, 0) is 6.07 Å². The lowest BCUT2D eigenvalue weighted by Gasteiger charge is -2.37. The van der Waals surface area contributed by atoms with Gasteiger partial charge in [0.1, 0.15) is 5.75 Å². The van der Waals surface area contributed by atoms with Crippen LogP contribution in [0.2, 0.25) is 0 Å². The van der Waals surface area contributed by atoms with Gasteiger partial charge < -0.3 is 39.0 Å². The lowest BCUT2D eigenvalue weighted by molar-refractivity contribution is 0.0690. The van der Waals surface area contributed by atoms with Crippen molar-refractivity contribution >= 4 is 5.78 Å². The van der Waals surface area contributed by atoms with Crippen LogP contribution in [0.5, 0.6) is 40.2 Å². The molecule has 3 N–H and O–H groups in total. The molecule has 1 aliphatic carbocycles. The van der Waals surface area contributed by atoms with Crippen LogP contribution in [0.4, 0.5) is 0 Å². The minimum absolute atomic E-state index is 0.00952. The van der Waals surface area contributed by atoms with Gasteiger partial charge in [-0.2, -0.15) is 0 Å². The minimum Gasteiger partial charge on any atom is -0.502 e. The summed E-state index contributed by atoms with van der Waals surface area (Å²) in [6, 6.07) is 2.98. The quantitative estimate of drug-likeness (QED) is 0.651. The van der Waals surface area contributed by atoms with E-state index in [2.05, 4.69) is 0 Å². The number of aliphatic hydroxyl groups excluding tert-OH is 1. The third-order valence-corrected chi connectivity index (χ3v) is 6.13. The molecule has 3 unspecified atom stereocenters. The molecule has 0 radical (unpaired) electrons. The molecule has 2 aliphatic rings. The Balaban J connectivity index is 2.13. The van der Waals surface area contributed by atoms with Gasteiger partial charge in [-0.1, -0.05) is 0 Å². The van der Waals surface area contributed by atoms with Crippen LogP contribution in [0.15, 0.2) is 12.1 Å². The van der Waals surface area contributed by atoms with Crippen LogP contribution in [-0.2, 0) is 0 Å². The molecule has 2 bridgehead atoms. The second kappa shape index (κ2) is 7.73. The summed E-state index contributed by atoms with van der Waals surface area (Å²) in [5.41, 5.74) is 1.09. The summed E-state index contributed by atoms with van der Waals surface area (Å²) in [6.45, 7) is -0.329. The molecule has 0 fully saturated rings. The highest BCUT2D eigenvalue weighted by atomic mass is 16.5. The van der Waals surface area contributed by atoms with Crippen molar-refractivity contribution in [3.05, 3.63) is 28.8 Å². The average Bonchev–Trinajstić information content (AvgIpc) is 2.91. The number of hydrogen-bond acceptors (Lipinski definition) is 9. The molecule has 4 rings (SSSR count). The molecule has 0 aromatic heterocycles. The fourth-order valence-corrected chi connectivity index (χ4v) is 4.72. The third kappa shape index (κ3) is 2.83. The van der Waals surface area contributed by atoms with Crippen molar-refractivity contribution in [1.29, 1.82) is 0 Å². The van der Waals surface area contributed by atoms with Gasteiger partial charge in [0.15, 0.2) is 28.8 Å². The van der Waals surface area contributed by atoms with Crippen LogP contribution in [0, 0.1) is 11.8 Å². The van der Waals surface area contributed by atoms with Gasteiger partial charge in [0.25, 0.3) is 0 Å². The number of ether oxygens (including phenoxy) is 5. The zero-order chi connectivity index (χ0) is 22.4. The molecule has 9 nitrogen and oxygen atoms in total. The second-order valence-corrected chi connectivity index (χ2v) is 7.40. The molecule has 1 heterocycles. The first kappa shape index (κ1) is 20.9. The maximum Gasteiger partial charge on any atom is 0.201 e. The molecule has 0 amide bonds. The van der Waals surface area contributed by atoms with Crippen LogP contribution in [0.3, 0.4) is 0 Å². The molecule has 31 heavy (non-hydrogen) atoms. The number of aromatic hydroxyl groups is 2. The van der Waals surface area contributed by atoms with Gasteiger partial charge in [0.2, 0.25) is 11.5 Å². The standard InChI is InChI=1S/C22H24O9/c1-27-13-5-9-16(21(29-3)19(13)25)15-10(7-23)11(18(9)24)8-31-12-6-14(28-2)20(26)22(30-4)17(12)15/h5-6,10-11,15,23,25-26H,7-8H2,1-4H3. The number of benzene rings is 2. The Kier molecular flexibility index (Phi) is 5.22. The minimum atomic E-state index is -0.682. The van der Waals surface area contributed by atoms with E-state index in [0.29, 0.717) is 22.4 Å². The Labute approximate surface area is 178 Å². The van der Waals surface area contributed by atoms with E-state index in [-0.39, 0.29) is 53.5 Å². The van der Waals surface area contributed by atoms with E-state index in [0.717, 1.165) is 0 Å². The van der Waals surface area contributed by atoms with Gasteiger partial charge in [0.05, 0.1) is 41.0 Å². The van der Waals surface area contributed by atoms with Crippen molar-refractivity contribution < 1.29 is 43.8 Å². The van der Waals surface area contributed by atoms with E-state index in [1.54, 1.807) is 0 Å². The highest BCUT2D eigenvalue weighted by Crippen LogP contribution is 2.59. The molecule has 0 spiro atoms. The molecule has 9 heteroatoms. The predicted molar refractivity (Wildman–Crippen MR) is 108 cm³/mol. The van der Waals surface area contributed by atoms with Crippen molar-refractivity contribution in [2.75, 3.05) is 41.7 Å². The van der Waals surface area contributed by atoms with E-state index in [9.17, 15) is 20.1 Å². The van der Waals surface area contributed by atoms with E-state index >= 15 is 0 Å². The molecule has 166 valence electrons. The average molecular weight is 432 g/mol. The maximum atomic E-state index is 13.4. The molecule has 0 saturated carbocycles. The van der Waals surface area contributed by atoms with Gasteiger partial charge >= 0.3 is 0 Å². The summed E-state index contributed by atoms with van der Waals surface area (Å²) in [6.07, 6.45) is 0. The van der Waals surface area contributed by atoms with E-state index in [1.165, 1.54) is 40.6 Å². The lowest BCUT2D eigenvalue weighted by Crippen LogP contribution is -2.39. The zero-order valence-electron chi connectivity index (χ0n) is 17.6. The smallest absolute Gasteiger partial charge is 0.201 e. The van der Waals surface area contributed by atoms with Crippen LogP contribution in [-0.4, -0.2) is 62.8 Å². The van der Waals surface area contributed by atoms with Gasteiger partial charge in [-0.25, -0.2) is 0 Å². The van der Waals surface area contributed by atoms with Crippen LogP contribution >= 0.6 is 0 Å². The lowest BCUT2D eigenvalue weighted by atomic mass is 9.66. The Morgan fingerprint density at radius 1 is 0.935 bits per heavy atom. The summed E-state index contributed by atoms with van der Waals surface area (Å²) in [7, 11) is 5.54. The third-order valence-electron chi connectivity index (χ3n) is 6.13. The van der Waals surface area contributed by atoms with Crippen molar-refractivity contribution in [3.8, 4) is 40.2 Å². The van der Waals surface area contributed by atoms with Crippen LogP contribution < -0.4 is 23.7 Å². The molecular formula is C22H24O9. The molecule has 3 atom stereocenters. The molecule has 0 saturated heterocycles. The SMILES string of the molecule is COc1cc2c(c(OC)c1O)C1c3c(cc(OC)c(O)c3OC)C(=O)C(CO2)C1CO. The van der Waals surface area contributed by atoms with Crippen molar-refractivity contribution in [2.24, 2.45) is 11.8 Å². The first-order valence-corrected chi connectivity index (χ1v) is 9.66. The van der Waals surface area contributed by atoms with E-state index in [4.69, 9.17) is 23.7 Å². The summed E-state index contributed by atoms with van der Waals surface area (Å²) in [4.78, 5) is 13.4. The first-order chi connectivity index (χ1) is 14.9. The number of ketones is 1. The predicted octanol–water partition coefficient (Wildman–Crippen LogP) is 2.08. The first-order valence-electron chi connectivity index (χ1n) is 9.66. The number of Topliss-reactive ketones (excluding diaryl/α,β-unsaturated/α-hetero) is 1. The Morgan fingerprint density at radius 3 is 2.06 bits per heavy atom. The number of fused-ring (bicyclic) bond motifs is 6. The summed E-state index contributed by atoms with van der Waals surface area (Å²) >= 11 is 0. The normalized spacial score (nSPS) is 21.3. The van der Waals surface area contributed by atoms with Crippen LogP contribution in [0.1, 0.15) is 27.4 Å².